The molecular formula is C32H23BeN3O2+2. The van der Waals surface area contributed by atoms with Crippen LogP contribution in [0.15, 0.2) is 128 Å². The number of fused-ring (bicyclic) bond motifs is 4. The first-order valence-electron chi connectivity index (χ1n) is 12.0. The molecule has 0 spiro atoms. The first-order valence-corrected chi connectivity index (χ1v) is 12.0. The van der Waals surface area contributed by atoms with Crippen LogP contribution in [0.5, 0.6) is 11.5 Å². The number of rotatable bonds is 2. The van der Waals surface area contributed by atoms with E-state index in [0.717, 1.165) is 44.2 Å². The van der Waals surface area contributed by atoms with Crippen molar-refractivity contribution in [1.29, 1.82) is 0 Å². The predicted octanol–water partition coefficient (Wildman–Crippen LogP) is 4.69. The zero-order valence-corrected chi connectivity index (χ0v) is 20.6. The largest absolute Gasteiger partial charge is 2.00 e. The van der Waals surface area contributed by atoms with Gasteiger partial charge in [-0.3, -0.25) is 0 Å². The number of pyridine rings is 1. The van der Waals surface area contributed by atoms with E-state index < -0.39 is 0 Å². The molecule has 2 aromatic heterocycles. The van der Waals surface area contributed by atoms with Crippen LogP contribution in [0.25, 0.3) is 49.8 Å². The van der Waals surface area contributed by atoms with Gasteiger partial charge in [0.05, 0.1) is 5.56 Å². The van der Waals surface area contributed by atoms with E-state index in [4.69, 9.17) is 0 Å². The molecule has 0 amide bonds. The summed E-state index contributed by atoms with van der Waals surface area (Å²) in [7, 11) is 0. The van der Waals surface area contributed by atoms with Crippen LogP contribution in [0.3, 0.4) is 0 Å². The molecule has 6 heteroatoms. The number of nitrogens with zero attached hydrogens (tertiary/aromatic N) is 1. The van der Waals surface area contributed by atoms with Gasteiger partial charge in [0.2, 0.25) is 5.52 Å². The Morgan fingerprint density at radius 3 is 2.11 bits per heavy atom. The van der Waals surface area contributed by atoms with E-state index >= 15 is 0 Å². The maximum Gasteiger partial charge on any atom is 2.00 e. The first kappa shape index (κ1) is 24.7. The Morgan fingerprint density at radius 1 is 0.579 bits per heavy atom. The van der Waals surface area contributed by atoms with Crippen molar-refractivity contribution in [3.63, 3.8) is 0 Å². The smallest absolute Gasteiger partial charge is 0.872 e. The van der Waals surface area contributed by atoms with Crippen LogP contribution in [-0.4, -0.2) is 14.7 Å². The third-order valence-electron chi connectivity index (χ3n) is 6.42. The number of hydrogen-bond acceptors (Lipinski definition) is 2. The molecule has 0 aliphatic carbocycles. The summed E-state index contributed by atoms with van der Waals surface area (Å²) in [5.74, 6) is 0.886. The standard InChI is InChI=1S/C19H14N2O.C13H9NO.Be/c22-18-13-7-4-10-15(18)19-20-16-11-5-6-12-17(16)21(19)14-8-2-1-3-9-14;15-11-5-1-3-9-6-7-10-4-2-8-14-13(10)12(9)11;/h1-13,22H;1-8,15H;/q;;+2. The molecule has 7 aromatic rings. The molecular weight excluding hydrogens is 467 g/mol. The fourth-order valence-corrected chi connectivity index (χ4v) is 4.71. The van der Waals surface area contributed by atoms with Gasteiger partial charge in [0.15, 0.2) is 17.2 Å². The number of para-hydroxylation sites is 4. The van der Waals surface area contributed by atoms with E-state index in [1.807, 2.05) is 97.2 Å². The Kier molecular flexibility index (Phi) is 6.86. The van der Waals surface area contributed by atoms with Crippen LogP contribution in [0.2, 0.25) is 0 Å². The van der Waals surface area contributed by atoms with Gasteiger partial charge in [-0.2, -0.15) is 4.57 Å². The second kappa shape index (κ2) is 10.6. The Balaban J connectivity index is 0.000000161. The van der Waals surface area contributed by atoms with Gasteiger partial charge in [-0.1, -0.05) is 84.3 Å². The number of benzene rings is 5. The zero-order chi connectivity index (χ0) is 25.2. The third kappa shape index (κ3) is 4.47. The summed E-state index contributed by atoms with van der Waals surface area (Å²) in [5, 5.41) is 26.8. The van der Waals surface area contributed by atoms with Gasteiger partial charge in [-0.25, -0.2) is 9.97 Å². The molecule has 0 saturated carbocycles. The van der Waals surface area contributed by atoms with Gasteiger partial charge in [-0.05, 0) is 47.9 Å². The van der Waals surface area contributed by atoms with Crippen molar-refractivity contribution >= 4 is 42.8 Å². The van der Waals surface area contributed by atoms with Crippen LogP contribution in [0.4, 0.5) is 0 Å². The summed E-state index contributed by atoms with van der Waals surface area (Å²) in [6.07, 6.45) is 1.84. The Bertz CT molecular complexity index is 1870. The van der Waals surface area contributed by atoms with E-state index in [1.54, 1.807) is 24.3 Å². The molecule has 0 saturated heterocycles. The van der Waals surface area contributed by atoms with Crippen LogP contribution < -0.4 is 20.2 Å². The van der Waals surface area contributed by atoms with Crippen molar-refractivity contribution in [3.05, 3.63) is 128 Å². The molecule has 5 aromatic carbocycles. The number of aromatic amines is 2. The summed E-state index contributed by atoms with van der Waals surface area (Å²) in [5.41, 5.74) is 4.66. The third-order valence-corrected chi connectivity index (χ3v) is 6.42. The normalized spacial score (nSPS) is 10.6. The van der Waals surface area contributed by atoms with Gasteiger partial charge in [0.1, 0.15) is 5.69 Å². The van der Waals surface area contributed by atoms with E-state index in [2.05, 4.69) is 20.6 Å². The minimum absolute atomic E-state index is 0. The summed E-state index contributed by atoms with van der Waals surface area (Å²) in [4.78, 5) is 6.52. The van der Waals surface area contributed by atoms with Crippen molar-refractivity contribution in [2.24, 2.45) is 0 Å². The van der Waals surface area contributed by atoms with Crippen molar-refractivity contribution in [3.8, 4) is 28.6 Å². The minimum Gasteiger partial charge on any atom is -0.872 e. The topological polar surface area (TPSA) is 79.3 Å². The van der Waals surface area contributed by atoms with Crippen LogP contribution >= 0.6 is 0 Å². The molecule has 38 heavy (non-hydrogen) atoms. The molecule has 7 rings (SSSR count). The molecule has 0 fully saturated rings. The van der Waals surface area contributed by atoms with E-state index in [9.17, 15) is 10.2 Å². The maximum absolute atomic E-state index is 12.2. The summed E-state index contributed by atoms with van der Waals surface area (Å²) in [6, 6.07) is 38.5. The van der Waals surface area contributed by atoms with Crippen LogP contribution in [0, 0.1) is 0 Å². The Morgan fingerprint density at radius 2 is 1.26 bits per heavy atom. The molecule has 5 nitrogen and oxygen atoms in total. The van der Waals surface area contributed by atoms with Crippen molar-refractivity contribution in [2.75, 3.05) is 0 Å². The molecule has 0 bridgehead atoms. The van der Waals surface area contributed by atoms with Gasteiger partial charge < -0.3 is 10.2 Å². The number of nitrogens with one attached hydrogen (secondary N) is 2. The minimum atomic E-state index is 0. The Hall–Kier alpha value is -4.99. The van der Waals surface area contributed by atoms with Crippen molar-refractivity contribution < 1.29 is 20.2 Å². The molecule has 2 N–H and O–H groups in total. The molecule has 0 aliphatic heterocycles. The second-order valence-corrected chi connectivity index (χ2v) is 8.71. The molecule has 2 heterocycles. The predicted molar refractivity (Wildman–Crippen MR) is 148 cm³/mol. The first-order chi connectivity index (χ1) is 18.2. The van der Waals surface area contributed by atoms with Gasteiger partial charge in [-0.15, -0.1) is 0 Å². The molecule has 0 atom stereocenters. The fraction of sp³-hybridized carbons (Fsp3) is 0. The van der Waals surface area contributed by atoms with Crippen LogP contribution in [-0.2, 0) is 0 Å². The van der Waals surface area contributed by atoms with Crippen molar-refractivity contribution in [2.45, 2.75) is 0 Å². The van der Waals surface area contributed by atoms with Crippen LogP contribution in [0.1, 0.15) is 0 Å². The quantitative estimate of drug-likeness (QED) is 0.260. The monoisotopic (exact) mass is 490 g/mol. The number of hydrogen-bond donors (Lipinski definition) is 0. The molecule has 0 unspecified atom stereocenters. The zero-order valence-electron chi connectivity index (χ0n) is 20.6. The summed E-state index contributed by atoms with van der Waals surface area (Å²) >= 11 is 0. The summed E-state index contributed by atoms with van der Waals surface area (Å²) < 4.78 is 2.09. The van der Waals surface area contributed by atoms with Gasteiger partial charge in [0, 0.05) is 16.8 Å². The summed E-state index contributed by atoms with van der Waals surface area (Å²) in [6.45, 7) is 0. The number of aromatic nitrogens is 3. The van der Waals surface area contributed by atoms with Gasteiger partial charge >= 0.3 is 10.1 Å². The average Bonchev–Trinajstić information content (AvgIpc) is 3.33. The SMILES string of the molecule is [Be+2].[O-]c1cccc2ccc3ccc[nH+]c3c12.[O-]c1ccccc1-c1[nH+]c2ccccc2n1-c1ccccc1. The van der Waals surface area contributed by atoms with E-state index in [0.29, 0.717) is 5.56 Å². The fourth-order valence-electron chi connectivity index (χ4n) is 4.71. The molecule has 178 valence electrons. The van der Waals surface area contributed by atoms with Gasteiger partial charge in [0.25, 0.3) is 5.82 Å². The Labute approximate surface area is 223 Å². The number of imidazole rings is 1. The number of H-pyrrole nitrogens is 2. The maximum atomic E-state index is 12.2. The second-order valence-electron chi connectivity index (χ2n) is 8.71. The van der Waals surface area contributed by atoms with Crippen molar-refractivity contribution in [1.82, 2.24) is 4.57 Å². The van der Waals surface area contributed by atoms with E-state index in [1.165, 1.54) is 0 Å². The average molecular weight is 491 g/mol. The molecule has 0 aliphatic rings. The van der Waals surface area contributed by atoms with E-state index in [-0.39, 0.29) is 21.6 Å². The molecule has 0 radical (unpaired) electrons.